The molecule has 1 saturated carbocycles. The molecule has 1 spiro atoms. The molecule has 1 fully saturated rings. The maximum absolute atomic E-state index is 9.71. The summed E-state index contributed by atoms with van der Waals surface area (Å²) < 4.78 is 0. The van der Waals surface area contributed by atoms with Crippen molar-refractivity contribution in [2.75, 3.05) is 17.6 Å². The molecule has 2 aromatic heterocycles. The lowest BCUT2D eigenvalue weighted by Crippen LogP contribution is -2.27. The summed E-state index contributed by atoms with van der Waals surface area (Å²) in [6, 6.07) is 12.4. The Balaban J connectivity index is 1.62. The molecule has 5 rings (SSSR count). The van der Waals surface area contributed by atoms with Gasteiger partial charge >= 0.3 is 0 Å². The van der Waals surface area contributed by atoms with E-state index in [0.717, 1.165) is 70.7 Å². The first-order valence-electron chi connectivity index (χ1n) is 11.4. The molecule has 1 aliphatic heterocycles. The van der Waals surface area contributed by atoms with Gasteiger partial charge in [0.15, 0.2) is 0 Å². The van der Waals surface area contributed by atoms with Gasteiger partial charge < -0.3 is 11.1 Å². The number of nitriles is 2. The second-order valence-corrected chi connectivity index (χ2v) is 10.2. The Morgan fingerprint density at radius 3 is 2.71 bits per heavy atom. The van der Waals surface area contributed by atoms with Gasteiger partial charge in [-0.05, 0) is 74.1 Å². The molecular formula is C27H25ClN6. The average Bonchev–Trinajstić information content (AvgIpc) is 3.36. The lowest BCUT2D eigenvalue weighted by molar-refractivity contribution is 0.404. The maximum Gasteiger partial charge on any atom is 0.131 e. The number of halogens is 1. The first-order chi connectivity index (χ1) is 16.3. The summed E-state index contributed by atoms with van der Waals surface area (Å²) >= 11 is 7.09. The van der Waals surface area contributed by atoms with E-state index in [0.29, 0.717) is 17.1 Å². The van der Waals surface area contributed by atoms with E-state index in [-0.39, 0.29) is 10.8 Å². The first kappa shape index (κ1) is 22.2. The van der Waals surface area contributed by atoms with Gasteiger partial charge in [0.25, 0.3) is 0 Å². The molecule has 3 N–H and O–H groups in total. The number of hydrogen-bond donors (Lipinski definition) is 2. The second kappa shape index (κ2) is 8.01. The number of fused-ring (bicyclic) bond motifs is 2. The van der Waals surface area contributed by atoms with Crippen LogP contribution in [0.2, 0.25) is 5.02 Å². The molecule has 3 aromatic rings. The monoisotopic (exact) mass is 468 g/mol. The Morgan fingerprint density at radius 1 is 1.18 bits per heavy atom. The van der Waals surface area contributed by atoms with E-state index in [4.69, 9.17) is 27.6 Å². The number of benzene rings is 1. The third kappa shape index (κ3) is 3.47. The van der Waals surface area contributed by atoms with Crippen molar-refractivity contribution in [1.29, 1.82) is 10.5 Å². The van der Waals surface area contributed by atoms with Gasteiger partial charge in [-0.15, -0.1) is 0 Å². The molecule has 6 nitrogen and oxygen atoms in total. The molecule has 2 atom stereocenters. The summed E-state index contributed by atoms with van der Waals surface area (Å²) in [6.07, 6.45) is 6.35. The van der Waals surface area contributed by atoms with Crippen LogP contribution in [-0.2, 0) is 11.8 Å². The highest BCUT2D eigenvalue weighted by Crippen LogP contribution is 2.57. The highest BCUT2D eigenvalue weighted by Gasteiger charge is 2.52. The number of hydrogen-bond acceptors (Lipinski definition) is 6. The molecule has 0 radical (unpaired) electrons. The zero-order valence-corrected chi connectivity index (χ0v) is 20.0. The van der Waals surface area contributed by atoms with Crippen molar-refractivity contribution < 1.29 is 0 Å². The fourth-order valence-corrected chi connectivity index (χ4v) is 6.08. The van der Waals surface area contributed by atoms with E-state index in [1.54, 1.807) is 12.4 Å². The van der Waals surface area contributed by atoms with Gasteiger partial charge in [0.1, 0.15) is 5.82 Å². The van der Waals surface area contributed by atoms with Gasteiger partial charge in [-0.3, -0.25) is 4.98 Å². The lowest BCUT2D eigenvalue weighted by Gasteiger charge is -2.26. The number of nitrogen functional groups attached to an aromatic ring is 1. The van der Waals surface area contributed by atoms with E-state index in [1.807, 2.05) is 38.1 Å². The van der Waals surface area contributed by atoms with Crippen LogP contribution in [-0.4, -0.2) is 16.5 Å². The molecular weight excluding hydrogens is 444 g/mol. The molecule has 2 aliphatic rings. The van der Waals surface area contributed by atoms with Crippen molar-refractivity contribution in [2.24, 2.45) is 5.41 Å². The van der Waals surface area contributed by atoms with Gasteiger partial charge in [-0.2, -0.15) is 10.5 Å². The van der Waals surface area contributed by atoms with Gasteiger partial charge in [-0.1, -0.05) is 11.6 Å². The van der Waals surface area contributed by atoms with Crippen molar-refractivity contribution in [2.45, 2.75) is 44.9 Å². The summed E-state index contributed by atoms with van der Waals surface area (Å²) in [5.41, 5.74) is 12.6. The summed E-state index contributed by atoms with van der Waals surface area (Å²) in [7, 11) is 0. The van der Waals surface area contributed by atoms with Crippen LogP contribution in [0.25, 0.3) is 22.4 Å². The quantitative estimate of drug-likeness (QED) is 0.470. The summed E-state index contributed by atoms with van der Waals surface area (Å²) in [5.74, 6) is 0.807. The second-order valence-electron chi connectivity index (χ2n) is 9.81. The minimum atomic E-state index is -0.357. The highest BCUT2D eigenvalue weighted by molar-refractivity contribution is 6.34. The Bertz CT molecular complexity index is 1400. The molecule has 0 unspecified atom stereocenters. The van der Waals surface area contributed by atoms with Gasteiger partial charge in [-0.25, -0.2) is 4.98 Å². The minimum Gasteiger partial charge on any atom is -0.399 e. The Hall–Kier alpha value is -3.61. The molecule has 0 bridgehead atoms. The van der Waals surface area contributed by atoms with Gasteiger partial charge in [0.2, 0.25) is 0 Å². The van der Waals surface area contributed by atoms with Crippen LogP contribution in [0.3, 0.4) is 0 Å². The zero-order valence-electron chi connectivity index (χ0n) is 19.2. The third-order valence-corrected chi connectivity index (χ3v) is 7.81. The van der Waals surface area contributed by atoms with Crippen LogP contribution in [0.5, 0.6) is 0 Å². The molecule has 0 amide bonds. The number of nitrogens with zero attached hydrogens (tertiary/aromatic N) is 4. The number of nitrogens with two attached hydrogens (primary N) is 1. The Morgan fingerprint density at radius 2 is 1.97 bits per heavy atom. The van der Waals surface area contributed by atoms with Crippen LogP contribution in [0.1, 0.15) is 42.9 Å². The molecule has 7 heteroatoms. The smallest absolute Gasteiger partial charge is 0.131 e. The molecule has 34 heavy (non-hydrogen) atoms. The van der Waals surface area contributed by atoms with Gasteiger partial charge in [0.05, 0.1) is 34.7 Å². The Labute approximate surface area is 204 Å². The van der Waals surface area contributed by atoms with Gasteiger partial charge in [0, 0.05) is 46.7 Å². The predicted molar refractivity (Wildman–Crippen MR) is 134 cm³/mol. The third-order valence-electron chi connectivity index (χ3n) is 7.42. The largest absolute Gasteiger partial charge is 0.399 e. The topological polar surface area (TPSA) is 111 Å². The van der Waals surface area contributed by atoms with Crippen LogP contribution in [0.15, 0.2) is 36.7 Å². The number of pyridine rings is 2. The van der Waals surface area contributed by atoms with Crippen LogP contribution >= 0.6 is 11.6 Å². The standard InChI is InChI=1S/C27H25ClN6/c1-16-17(3-7-29)4-8-32-24(16)19-9-18(10-20(31)11-19)21-12-33-25-22(23(21)28)27(15-34-25)6-5-26(2,13-27)14-30/h4,8-12H,3,5-6,13,15,31H2,1-2H3,(H,33,34)/t26-,27-/m0/s1. The number of anilines is 2. The fourth-order valence-electron chi connectivity index (χ4n) is 5.64. The SMILES string of the molecule is Cc1c(CC#N)ccnc1-c1cc(N)cc(-c2cnc3c(c2Cl)[C@]2(CC[C@](C)(C#N)C2)CN3)c1. The van der Waals surface area contributed by atoms with E-state index >= 15 is 0 Å². The highest BCUT2D eigenvalue weighted by atomic mass is 35.5. The number of nitrogens with one attached hydrogen (secondary N) is 1. The lowest BCUT2D eigenvalue weighted by atomic mass is 9.77. The molecule has 1 aromatic carbocycles. The van der Waals surface area contributed by atoms with E-state index in [1.165, 1.54) is 0 Å². The number of aromatic nitrogens is 2. The molecule has 3 heterocycles. The summed E-state index contributed by atoms with van der Waals surface area (Å²) in [5, 5.41) is 22.9. The maximum atomic E-state index is 9.71. The first-order valence-corrected chi connectivity index (χ1v) is 11.7. The van der Waals surface area contributed by atoms with Crippen molar-refractivity contribution >= 4 is 23.1 Å². The van der Waals surface area contributed by atoms with E-state index in [2.05, 4.69) is 22.4 Å². The minimum absolute atomic E-state index is 0.188. The van der Waals surface area contributed by atoms with Crippen molar-refractivity contribution in [1.82, 2.24) is 9.97 Å². The van der Waals surface area contributed by atoms with E-state index < -0.39 is 0 Å². The van der Waals surface area contributed by atoms with Crippen molar-refractivity contribution in [3.8, 4) is 34.5 Å². The Kier molecular flexibility index (Phi) is 5.23. The van der Waals surface area contributed by atoms with Crippen LogP contribution < -0.4 is 11.1 Å². The van der Waals surface area contributed by atoms with E-state index in [9.17, 15) is 5.26 Å². The van der Waals surface area contributed by atoms with Crippen molar-refractivity contribution in [3.63, 3.8) is 0 Å². The molecule has 0 saturated heterocycles. The average molecular weight is 469 g/mol. The van der Waals surface area contributed by atoms with Crippen molar-refractivity contribution in [3.05, 3.63) is 58.4 Å². The molecule has 1 aliphatic carbocycles. The van der Waals surface area contributed by atoms with Crippen LogP contribution in [0.4, 0.5) is 11.5 Å². The fraction of sp³-hybridized carbons (Fsp3) is 0.333. The normalized spacial score (nSPS) is 22.7. The number of rotatable bonds is 3. The molecule has 170 valence electrons. The summed E-state index contributed by atoms with van der Waals surface area (Å²) in [4.78, 5) is 9.28. The zero-order chi connectivity index (χ0) is 24.1. The van der Waals surface area contributed by atoms with Crippen LogP contribution in [0, 0.1) is 35.0 Å². The summed E-state index contributed by atoms with van der Waals surface area (Å²) in [6.45, 7) is 4.75. The predicted octanol–water partition coefficient (Wildman–Crippen LogP) is 5.80.